The van der Waals surface area contributed by atoms with Crippen LogP contribution in [-0.2, 0) is 14.3 Å². The predicted octanol–water partition coefficient (Wildman–Crippen LogP) is 3.78. The number of nitrogens with zero attached hydrogens (tertiary/aromatic N) is 2. The molecule has 1 fully saturated rings. The standard InChI is InChI=1S/C28H32N4O4/c1-31(20-26(33)29-22-8-12-24(13-9-22)32-16-18-36-19-17-32)27(21-6-4-3-5-7-21)28(34)30-23-10-14-25(35-2)15-11-23/h3-15,27H,16-20H2,1-2H3,(H,29,33)(H,30,34). The maximum atomic E-state index is 13.3. The fourth-order valence-electron chi connectivity index (χ4n) is 4.22. The summed E-state index contributed by atoms with van der Waals surface area (Å²) in [6, 6.07) is 23.7. The van der Waals surface area contributed by atoms with E-state index in [1.165, 1.54) is 0 Å². The summed E-state index contributed by atoms with van der Waals surface area (Å²) in [6.45, 7) is 3.20. The van der Waals surface area contributed by atoms with Gasteiger partial charge in [-0.05, 0) is 61.1 Å². The van der Waals surface area contributed by atoms with Crippen molar-refractivity contribution in [2.45, 2.75) is 6.04 Å². The minimum atomic E-state index is -0.650. The largest absolute Gasteiger partial charge is 0.497 e. The van der Waals surface area contributed by atoms with Crippen molar-refractivity contribution in [1.29, 1.82) is 0 Å². The van der Waals surface area contributed by atoms with E-state index in [0.717, 1.165) is 37.6 Å². The molecule has 0 bridgehead atoms. The van der Waals surface area contributed by atoms with Gasteiger partial charge in [-0.1, -0.05) is 30.3 Å². The number of methoxy groups -OCH3 is 1. The number of benzene rings is 3. The van der Waals surface area contributed by atoms with Crippen LogP contribution >= 0.6 is 0 Å². The topological polar surface area (TPSA) is 83.1 Å². The van der Waals surface area contributed by atoms with Crippen molar-refractivity contribution in [3.63, 3.8) is 0 Å². The first-order valence-corrected chi connectivity index (χ1v) is 12.0. The van der Waals surface area contributed by atoms with Crippen LogP contribution in [0.15, 0.2) is 78.9 Å². The Morgan fingerprint density at radius 1 is 0.917 bits per heavy atom. The number of nitrogens with one attached hydrogen (secondary N) is 2. The zero-order valence-electron chi connectivity index (χ0n) is 20.6. The first-order chi connectivity index (χ1) is 17.5. The van der Waals surface area contributed by atoms with Gasteiger partial charge in [0.15, 0.2) is 0 Å². The van der Waals surface area contributed by atoms with Gasteiger partial charge in [0.1, 0.15) is 11.8 Å². The second-order valence-electron chi connectivity index (χ2n) is 8.64. The van der Waals surface area contributed by atoms with Crippen LogP contribution in [0, 0.1) is 0 Å². The van der Waals surface area contributed by atoms with Crippen LogP contribution in [0.2, 0.25) is 0 Å². The van der Waals surface area contributed by atoms with Gasteiger partial charge in [0.2, 0.25) is 11.8 Å². The molecule has 3 aromatic rings. The van der Waals surface area contributed by atoms with Crippen LogP contribution in [0.25, 0.3) is 0 Å². The molecule has 8 heteroatoms. The van der Waals surface area contributed by atoms with Gasteiger partial charge >= 0.3 is 0 Å². The minimum Gasteiger partial charge on any atom is -0.497 e. The highest BCUT2D eigenvalue weighted by Crippen LogP contribution is 2.23. The molecule has 8 nitrogen and oxygen atoms in total. The number of hydrogen-bond acceptors (Lipinski definition) is 6. The lowest BCUT2D eigenvalue weighted by atomic mass is 10.0. The summed E-state index contributed by atoms with van der Waals surface area (Å²) >= 11 is 0. The van der Waals surface area contributed by atoms with Crippen molar-refractivity contribution in [3.8, 4) is 5.75 Å². The number of morpholine rings is 1. The zero-order chi connectivity index (χ0) is 25.3. The van der Waals surface area contributed by atoms with Crippen LogP contribution < -0.4 is 20.3 Å². The summed E-state index contributed by atoms with van der Waals surface area (Å²) in [5.74, 6) is 0.283. The third-order valence-electron chi connectivity index (χ3n) is 6.08. The molecule has 4 rings (SSSR count). The van der Waals surface area contributed by atoms with Crippen LogP contribution in [-0.4, -0.2) is 63.7 Å². The molecule has 1 saturated heterocycles. The van der Waals surface area contributed by atoms with E-state index in [1.807, 2.05) is 54.6 Å². The van der Waals surface area contributed by atoms with Crippen LogP contribution in [0.1, 0.15) is 11.6 Å². The Morgan fingerprint density at radius 3 is 2.17 bits per heavy atom. The number of anilines is 3. The molecule has 0 aliphatic carbocycles. The predicted molar refractivity (Wildman–Crippen MR) is 142 cm³/mol. The SMILES string of the molecule is COc1ccc(NC(=O)C(c2ccccc2)N(C)CC(=O)Nc2ccc(N3CCOCC3)cc2)cc1. The summed E-state index contributed by atoms with van der Waals surface area (Å²) in [6.07, 6.45) is 0. The number of carbonyl (C=O) groups is 2. The third kappa shape index (κ3) is 6.62. The Kier molecular flexibility index (Phi) is 8.54. The molecule has 1 heterocycles. The first-order valence-electron chi connectivity index (χ1n) is 12.0. The van der Waals surface area contributed by atoms with E-state index in [9.17, 15) is 9.59 Å². The summed E-state index contributed by atoms with van der Waals surface area (Å²) in [7, 11) is 3.36. The van der Waals surface area contributed by atoms with Gasteiger partial charge in [-0.25, -0.2) is 0 Å². The maximum Gasteiger partial charge on any atom is 0.246 e. The molecule has 1 aliphatic heterocycles. The number of amides is 2. The second kappa shape index (κ2) is 12.2. The Hall–Kier alpha value is -3.88. The third-order valence-corrected chi connectivity index (χ3v) is 6.08. The molecule has 0 spiro atoms. The normalized spacial score (nSPS) is 14.2. The summed E-state index contributed by atoms with van der Waals surface area (Å²) in [4.78, 5) is 30.2. The van der Waals surface area contributed by atoms with Crippen molar-refractivity contribution >= 4 is 28.9 Å². The van der Waals surface area contributed by atoms with Crippen LogP contribution in [0.5, 0.6) is 5.75 Å². The Bertz CT molecular complexity index is 1130. The van der Waals surface area contributed by atoms with E-state index in [-0.39, 0.29) is 18.4 Å². The lowest BCUT2D eigenvalue weighted by molar-refractivity contribution is -0.123. The van der Waals surface area contributed by atoms with Gasteiger partial charge in [-0.15, -0.1) is 0 Å². The molecule has 1 aliphatic rings. The van der Waals surface area contributed by atoms with Crippen molar-refractivity contribution in [3.05, 3.63) is 84.4 Å². The van der Waals surface area contributed by atoms with Gasteiger partial charge in [-0.3, -0.25) is 14.5 Å². The van der Waals surface area contributed by atoms with E-state index in [1.54, 1.807) is 43.3 Å². The molecule has 2 N–H and O–H groups in total. The van der Waals surface area contributed by atoms with Crippen LogP contribution in [0.3, 0.4) is 0 Å². The van der Waals surface area contributed by atoms with Crippen molar-refractivity contribution in [2.75, 3.05) is 62.5 Å². The molecule has 0 radical (unpaired) electrons. The number of likely N-dealkylation sites (N-methyl/N-ethyl adjacent to an activating group) is 1. The molecule has 1 atom stereocenters. The smallest absolute Gasteiger partial charge is 0.246 e. The molecule has 188 valence electrons. The van der Waals surface area contributed by atoms with E-state index in [2.05, 4.69) is 15.5 Å². The molecule has 3 aromatic carbocycles. The van der Waals surface area contributed by atoms with E-state index < -0.39 is 6.04 Å². The number of rotatable bonds is 9. The van der Waals surface area contributed by atoms with Crippen molar-refractivity contribution in [1.82, 2.24) is 4.90 Å². The lowest BCUT2D eigenvalue weighted by Gasteiger charge is -2.29. The quantitative estimate of drug-likeness (QED) is 0.477. The van der Waals surface area contributed by atoms with E-state index >= 15 is 0 Å². The Labute approximate surface area is 211 Å². The molecule has 0 saturated carbocycles. The van der Waals surface area contributed by atoms with Crippen molar-refractivity contribution in [2.24, 2.45) is 0 Å². The molecular weight excluding hydrogens is 456 g/mol. The summed E-state index contributed by atoms with van der Waals surface area (Å²) < 4.78 is 10.6. The molecule has 0 aromatic heterocycles. The first kappa shape index (κ1) is 25.2. The van der Waals surface area contributed by atoms with Crippen molar-refractivity contribution < 1.29 is 19.1 Å². The van der Waals surface area contributed by atoms with Gasteiger partial charge in [-0.2, -0.15) is 0 Å². The number of ether oxygens (including phenoxy) is 2. The van der Waals surface area contributed by atoms with Gasteiger partial charge in [0.05, 0.1) is 26.9 Å². The molecule has 2 amide bonds. The lowest BCUT2D eigenvalue weighted by Crippen LogP contribution is -2.39. The summed E-state index contributed by atoms with van der Waals surface area (Å²) in [5, 5.41) is 5.89. The number of hydrogen-bond donors (Lipinski definition) is 2. The fraction of sp³-hybridized carbons (Fsp3) is 0.286. The summed E-state index contributed by atoms with van der Waals surface area (Å²) in [5.41, 5.74) is 3.27. The molecular formula is C28H32N4O4. The zero-order valence-corrected chi connectivity index (χ0v) is 20.6. The minimum absolute atomic E-state index is 0.0425. The van der Waals surface area contributed by atoms with Gasteiger partial charge in [0, 0.05) is 30.2 Å². The Balaban J connectivity index is 1.41. The van der Waals surface area contributed by atoms with Gasteiger partial charge < -0.3 is 25.0 Å². The molecule has 36 heavy (non-hydrogen) atoms. The monoisotopic (exact) mass is 488 g/mol. The maximum absolute atomic E-state index is 13.3. The highest BCUT2D eigenvalue weighted by molar-refractivity contribution is 5.97. The highest BCUT2D eigenvalue weighted by Gasteiger charge is 2.27. The molecule has 1 unspecified atom stereocenters. The fourth-order valence-corrected chi connectivity index (χ4v) is 4.22. The number of carbonyl (C=O) groups excluding carboxylic acids is 2. The Morgan fingerprint density at radius 2 is 1.53 bits per heavy atom. The van der Waals surface area contributed by atoms with E-state index in [0.29, 0.717) is 17.1 Å². The van der Waals surface area contributed by atoms with Crippen LogP contribution in [0.4, 0.5) is 17.1 Å². The average molecular weight is 489 g/mol. The highest BCUT2D eigenvalue weighted by atomic mass is 16.5. The van der Waals surface area contributed by atoms with Gasteiger partial charge in [0.25, 0.3) is 0 Å². The average Bonchev–Trinajstić information content (AvgIpc) is 2.90. The second-order valence-corrected chi connectivity index (χ2v) is 8.64. The van der Waals surface area contributed by atoms with E-state index in [4.69, 9.17) is 9.47 Å².